The number of hydrogen-bond acceptors (Lipinski definition) is 9. The summed E-state index contributed by atoms with van der Waals surface area (Å²) >= 11 is 0. The molecular formula is C40H68N6O5. The van der Waals surface area contributed by atoms with Crippen LogP contribution in [0, 0.1) is 62.6 Å². The van der Waals surface area contributed by atoms with Crippen molar-refractivity contribution in [3.05, 3.63) is 11.6 Å². The lowest BCUT2D eigenvalue weighted by atomic mass is 9.34. The number of fused-ring (bicyclic) bond motifs is 3. The van der Waals surface area contributed by atoms with Gasteiger partial charge in [-0.3, -0.25) is 4.79 Å². The van der Waals surface area contributed by atoms with Crippen molar-refractivity contribution in [3.63, 3.8) is 0 Å². The largest absolute Gasteiger partial charge is 0.481 e. The van der Waals surface area contributed by atoms with Gasteiger partial charge in [0.05, 0.1) is 31.8 Å². The minimum absolute atomic E-state index is 0.137. The summed E-state index contributed by atoms with van der Waals surface area (Å²) in [4.78, 5) is 15.3. The molecule has 0 radical (unpaired) electrons. The third kappa shape index (κ3) is 5.72. The Hall–Kier alpha value is -2.08. The number of nitrogen functional groups attached to an aromatic ring is 1. The molecule has 11 nitrogen and oxygen atoms in total. The van der Waals surface area contributed by atoms with Gasteiger partial charge in [-0.05, 0) is 115 Å². The molecular weight excluding hydrogens is 644 g/mol. The first kappa shape index (κ1) is 38.6. The number of nitrogens with one attached hydrogen (secondary N) is 1. The topological polar surface area (TPSA) is 158 Å². The maximum atomic E-state index is 13.6. The van der Waals surface area contributed by atoms with Crippen LogP contribution in [0.25, 0.3) is 0 Å². The van der Waals surface area contributed by atoms with Gasteiger partial charge >= 0.3 is 5.97 Å². The molecule has 288 valence electrons. The van der Waals surface area contributed by atoms with Crippen molar-refractivity contribution < 1.29 is 24.5 Å². The number of aromatic nitrogens is 4. The number of carboxylic acids is 1. The highest BCUT2D eigenvalue weighted by Crippen LogP contribution is 2.75. The summed E-state index contributed by atoms with van der Waals surface area (Å²) in [7, 11) is 0. The van der Waals surface area contributed by atoms with E-state index < -0.39 is 22.7 Å². The molecule has 0 aromatic carbocycles. The highest BCUT2D eigenvalue weighted by Gasteiger charge is 2.73. The van der Waals surface area contributed by atoms with Gasteiger partial charge in [0, 0.05) is 17.6 Å². The molecule has 4 fully saturated rings. The van der Waals surface area contributed by atoms with Gasteiger partial charge in [-0.25, -0.2) is 0 Å². The summed E-state index contributed by atoms with van der Waals surface area (Å²) in [5.41, 5.74) is 5.68. The van der Waals surface area contributed by atoms with E-state index >= 15 is 0 Å². The summed E-state index contributed by atoms with van der Waals surface area (Å²) < 4.78 is 14.1. The molecule has 0 unspecified atom stereocenters. The van der Waals surface area contributed by atoms with Crippen molar-refractivity contribution in [1.29, 1.82) is 0 Å². The molecule has 4 aliphatic carbocycles. The van der Waals surface area contributed by atoms with Crippen LogP contribution in [0.15, 0.2) is 11.6 Å². The van der Waals surface area contributed by atoms with Crippen molar-refractivity contribution in [2.24, 2.45) is 62.6 Å². The number of anilines is 1. The highest BCUT2D eigenvalue weighted by atomic mass is 16.5. The highest BCUT2D eigenvalue weighted by molar-refractivity contribution is 5.73. The number of hydrogen-bond donors (Lipinski definition) is 4. The van der Waals surface area contributed by atoms with Crippen LogP contribution < -0.4 is 11.1 Å². The van der Waals surface area contributed by atoms with Crippen LogP contribution in [0.3, 0.4) is 0 Å². The van der Waals surface area contributed by atoms with Crippen molar-refractivity contribution in [1.82, 2.24) is 25.5 Å². The van der Waals surface area contributed by atoms with E-state index in [9.17, 15) is 15.0 Å². The van der Waals surface area contributed by atoms with Crippen LogP contribution in [0.2, 0.25) is 0 Å². The number of nitrogens with zero attached hydrogens (tertiary/aromatic N) is 4. The third-order valence-corrected chi connectivity index (χ3v) is 16.5. The molecule has 0 spiro atoms. The smallest absolute Gasteiger partial charge is 0.307 e. The second-order valence-corrected chi connectivity index (χ2v) is 19.4. The van der Waals surface area contributed by atoms with E-state index in [4.69, 9.17) is 15.2 Å². The van der Waals surface area contributed by atoms with E-state index in [1.165, 1.54) is 5.57 Å². The number of aliphatic hydroxyl groups excluding tert-OH is 1. The van der Waals surface area contributed by atoms with E-state index in [1.807, 2.05) is 0 Å². The number of rotatable bonds is 12. The molecule has 2 heterocycles. The maximum absolute atomic E-state index is 13.6. The van der Waals surface area contributed by atoms with Crippen LogP contribution in [0.5, 0.6) is 0 Å². The normalized spacial score (nSPS) is 42.4. The lowest BCUT2D eigenvalue weighted by Crippen LogP contribution is -2.70. The number of tetrazole rings is 1. The standard InChI is InChI=1S/C40H68N6O5/c1-24(2)26(5)36(7)16-17-37(8)27-12-13-30-35(6)20-29(46-44-34(41)43-45-46)32(51-22-39(10,25(3)4)42-18-11-19-47)40(30,23-50-21-35)28(27)14-15-38(37,9)31(36)33(48)49/h14,24-27,29-32,42,47H,11-13,15-23H2,1-10H3,(H2,41,44)(H,48,49)/t26-,27+,29-,30-,31-,32+,35-,36-,37-,38+,39+,40+/m1/s1. The molecule has 12 atom stereocenters. The lowest BCUT2D eigenvalue weighted by Gasteiger charge is -2.71. The van der Waals surface area contributed by atoms with Gasteiger partial charge < -0.3 is 30.7 Å². The van der Waals surface area contributed by atoms with Crippen molar-refractivity contribution in [2.45, 2.75) is 132 Å². The Labute approximate surface area is 306 Å². The van der Waals surface area contributed by atoms with E-state index in [2.05, 4.69) is 96.0 Å². The van der Waals surface area contributed by atoms with Gasteiger partial charge in [0.25, 0.3) is 5.95 Å². The van der Waals surface area contributed by atoms with Crippen LogP contribution >= 0.6 is 0 Å². The summed E-state index contributed by atoms with van der Waals surface area (Å²) in [5, 5.41) is 37.6. The zero-order valence-electron chi connectivity index (χ0n) is 33.2. The Balaban J connectivity index is 1.49. The molecule has 1 aromatic heterocycles. The van der Waals surface area contributed by atoms with Gasteiger partial charge in [0.2, 0.25) is 0 Å². The van der Waals surface area contributed by atoms with E-state index in [0.29, 0.717) is 44.6 Å². The Morgan fingerprint density at radius 3 is 2.47 bits per heavy atom. The fourth-order valence-electron chi connectivity index (χ4n) is 12.6. The van der Waals surface area contributed by atoms with Gasteiger partial charge in [-0.2, -0.15) is 4.80 Å². The number of carboxylic acid groups (broad SMARTS) is 1. The van der Waals surface area contributed by atoms with Crippen LogP contribution in [-0.2, 0) is 14.3 Å². The minimum atomic E-state index is -0.647. The molecule has 1 aromatic rings. The molecule has 1 aliphatic heterocycles. The molecule has 51 heavy (non-hydrogen) atoms. The molecule has 3 saturated carbocycles. The number of nitrogens with two attached hydrogens (primary N) is 1. The Kier molecular flexibility index (Phi) is 10.1. The summed E-state index contributed by atoms with van der Waals surface area (Å²) in [6, 6.07) is -0.206. The number of aliphatic hydroxyl groups is 1. The Morgan fingerprint density at radius 1 is 1.14 bits per heavy atom. The fourth-order valence-corrected chi connectivity index (χ4v) is 12.6. The zero-order valence-corrected chi connectivity index (χ0v) is 33.2. The quantitative estimate of drug-likeness (QED) is 0.146. The average molecular weight is 713 g/mol. The van der Waals surface area contributed by atoms with Gasteiger partial charge in [-0.15, -0.1) is 5.10 Å². The number of allylic oxidation sites excluding steroid dienone is 1. The van der Waals surface area contributed by atoms with E-state index in [-0.39, 0.29) is 64.2 Å². The molecule has 1 saturated heterocycles. The van der Waals surface area contributed by atoms with E-state index in [1.54, 1.807) is 4.80 Å². The van der Waals surface area contributed by atoms with Gasteiger partial charge in [0.1, 0.15) is 6.04 Å². The monoisotopic (exact) mass is 713 g/mol. The Bertz CT molecular complexity index is 1480. The SMILES string of the molecule is CC(C)[C@@H](C)[C@@]1(C)CC[C@]2(C)[C@H]3CC[C@@H]4[C@@]5(C)COC[C@@]4(C3=CC[C@@]2(C)[C@@H]1C(=O)O)[C@@H](OC[C@](C)(NCCCO)C(C)C)[C@H](n1nnc(N)n1)C5. The van der Waals surface area contributed by atoms with Crippen molar-refractivity contribution in [2.75, 3.05) is 38.7 Å². The number of aliphatic carboxylic acids is 1. The third-order valence-electron chi connectivity index (χ3n) is 16.5. The molecule has 5 aliphatic rings. The van der Waals surface area contributed by atoms with Crippen LogP contribution in [0.4, 0.5) is 5.95 Å². The second kappa shape index (κ2) is 13.3. The number of carbonyl (C=O) groups is 1. The Morgan fingerprint density at radius 2 is 1.86 bits per heavy atom. The van der Waals surface area contributed by atoms with Crippen molar-refractivity contribution in [3.8, 4) is 0 Å². The van der Waals surface area contributed by atoms with Crippen molar-refractivity contribution >= 4 is 11.9 Å². The predicted molar refractivity (Wildman–Crippen MR) is 198 cm³/mol. The second-order valence-electron chi connectivity index (χ2n) is 19.4. The molecule has 5 N–H and O–H groups in total. The maximum Gasteiger partial charge on any atom is 0.307 e. The van der Waals surface area contributed by atoms with Gasteiger partial charge in [0.15, 0.2) is 0 Å². The molecule has 11 heteroatoms. The first-order chi connectivity index (χ1) is 23.8. The van der Waals surface area contributed by atoms with Crippen LogP contribution in [0.1, 0.15) is 120 Å². The fraction of sp³-hybridized carbons (Fsp3) is 0.900. The minimum Gasteiger partial charge on any atom is -0.481 e. The first-order valence-electron chi connectivity index (χ1n) is 19.9. The van der Waals surface area contributed by atoms with E-state index in [0.717, 1.165) is 38.5 Å². The van der Waals surface area contributed by atoms with Crippen LogP contribution in [-0.4, -0.2) is 81.0 Å². The first-order valence-corrected chi connectivity index (χ1v) is 19.9. The number of ether oxygens (including phenoxy) is 2. The summed E-state index contributed by atoms with van der Waals surface area (Å²) in [6.45, 7) is 25.3. The zero-order chi connectivity index (χ0) is 37.4. The molecule has 2 bridgehead atoms. The summed E-state index contributed by atoms with van der Waals surface area (Å²) in [6.07, 6.45) is 8.33. The molecule has 6 rings (SSSR count). The summed E-state index contributed by atoms with van der Waals surface area (Å²) in [5.74, 6) is 0.541. The lowest BCUT2D eigenvalue weighted by molar-refractivity contribution is -0.256. The predicted octanol–water partition coefficient (Wildman–Crippen LogP) is 6.16. The molecule has 0 amide bonds. The average Bonchev–Trinajstić information content (AvgIpc) is 3.49. The van der Waals surface area contributed by atoms with Gasteiger partial charge in [-0.1, -0.05) is 79.1 Å².